The number of benzene rings is 2. The average molecular weight is 487 g/mol. The summed E-state index contributed by atoms with van der Waals surface area (Å²) in [5.41, 5.74) is 3.53. The molecule has 0 bridgehead atoms. The van der Waals surface area contributed by atoms with E-state index < -0.39 is 5.97 Å². The number of rotatable bonds is 4. The Hall–Kier alpha value is -1.74. The highest BCUT2D eigenvalue weighted by atomic mass is 127. The minimum atomic E-state index is -0.426. The van der Waals surface area contributed by atoms with Crippen LogP contribution < -0.4 is 10.2 Å². The molecular formula is C16H12BrIN2O3. The molecule has 0 aliphatic rings. The molecule has 0 radical (unpaired) electrons. The summed E-state index contributed by atoms with van der Waals surface area (Å²) in [5, 5.41) is 3.92. The van der Waals surface area contributed by atoms with Crippen molar-refractivity contribution in [3.8, 4) is 5.75 Å². The maximum atomic E-state index is 12.0. The molecule has 1 amide bonds. The molecule has 118 valence electrons. The molecule has 0 aliphatic carbocycles. The Morgan fingerprint density at radius 1 is 1.26 bits per heavy atom. The highest BCUT2D eigenvalue weighted by molar-refractivity contribution is 14.1. The SMILES string of the molecule is CC(=O)Oc1ccc(Br)cc1/C=N\NC(=O)c1cccc(I)c1. The molecule has 2 rings (SSSR count). The van der Waals surface area contributed by atoms with Crippen LogP contribution in [0.3, 0.4) is 0 Å². The Balaban J connectivity index is 2.12. The van der Waals surface area contributed by atoms with Gasteiger partial charge in [0.2, 0.25) is 0 Å². The predicted molar refractivity (Wildman–Crippen MR) is 99.7 cm³/mol. The minimum Gasteiger partial charge on any atom is -0.426 e. The number of amides is 1. The van der Waals surface area contributed by atoms with Crippen LogP contribution in [0.2, 0.25) is 0 Å². The summed E-state index contributed by atoms with van der Waals surface area (Å²) in [6.07, 6.45) is 1.43. The van der Waals surface area contributed by atoms with Gasteiger partial charge in [-0.3, -0.25) is 9.59 Å². The molecule has 0 atom stereocenters. The molecule has 0 heterocycles. The molecule has 0 spiro atoms. The third-order valence-electron chi connectivity index (χ3n) is 2.68. The number of hydrazone groups is 1. The number of carbonyl (C=O) groups excluding carboxylic acids is 2. The third kappa shape index (κ3) is 5.43. The van der Waals surface area contributed by atoms with Gasteiger partial charge in [0, 0.05) is 26.1 Å². The van der Waals surface area contributed by atoms with Gasteiger partial charge in [-0.05, 0) is 59.0 Å². The smallest absolute Gasteiger partial charge is 0.308 e. The number of halogens is 2. The predicted octanol–water partition coefficient (Wildman–Crippen LogP) is 3.74. The van der Waals surface area contributed by atoms with Crippen LogP contribution in [0, 0.1) is 3.57 Å². The summed E-state index contributed by atoms with van der Waals surface area (Å²) in [7, 11) is 0. The molecule has 0 saturated carbocycles. The van der Waals surface area contributed by atoms with Crippen molar-refractivity contribution in [1.82, 2.24) is 5.43 Å². The molecular weight excluding hydrogens is 475 g/mol. The van der Waals surface area contributed by atoms with Crippen LogP contribution in [-0.4, -0.2) is 18.1 Å². The van der Waals surface area contributed by atoms with Gasteiger partial charge in [-0.2, -0.15) is 5.10 Å². The first kappa shape index (κ1) is 17.6. The van der Waals surface area contributed by atoms with E-state index >= 15 is 0 Å². The number of carbonyl (C=O) groups is 2. The fourth-order valence-corrected chi connectivity index (χ4v) is 2.64. The van der Waals surface area contributed by atoms with Crippen LogP contribution in [0.1, 0.15) is 22.8 Å². The summed E-state index contributed by atoms with van der Waals surface area (Å²) in [6.45, 7) is 1.32. The second-order valence-electron chi connectivity index (χ2n) is 4.49. The maximum absolute atomic E-state index is 12.0. The van der Waals surface area contributed by atoms with Gasteiger partial charge in [0.25, 0.3) is 5.91 Å². The van der Waals surface area contributed by atoms with Gasteiger partial charge in [0.15, 0.2) is 0 Å². The molecule has 2 aromatic rings. The van der Waals surface area contributed by atoms with E-state index in [9.17, 15) is 9.59 Å². The zero-order valence-electron chi connectivity index (χ0n) is 12.0. The first-order chi connectivity index (χ1) is 11.0. The second-order valence-corrected chi connectivity index (χ2v) is 6.65. The van der Waals surface area contributed by atoms with Gasteiger partial charge in [-0.25, -0.2) is 5.43 Å². The topological polar surface area (TPSA) is 67.8 Å². The third-order valence-corrected chi connectivity index (χ3v) is 3.85. The average Bonchev–Trinajstić information content (AvgIpc) is 2.49. The van der Waals surface area contributed by atoms with Crippen molar-refractivity contribution in [3.05, 3.63) is 61.6 Å². The van der Waals surface area contributed by atoms with Gasteiger partial charge >= 0.3 is 5.97 Å². The maximum Gasteiger partial charge on any atom is 0.308 e. The van der Waals surface area contributed by atoms with E-state index in [1.54, 1.807) is 36.4 Å². The van der Waals surface area contributed by atoms with Crippen molar-refractivity contribution in [3.63, 3.8) is 0 Å². The second kappa shape index (κ2) is 8.21. The number of ether oxygens (including phenoxy) is 1. The highest BCUT2D eigenvalue weighted by Gasteiger charge is 2.07. The first-order valence-corrected chi connectivity index (χ1v) is 8.40. The van der Waals surface area contributed by atoms with Crippen molar-refractivity contribution >= 4 is 56.6 Å². The Morgan fingerprint density at radius 3 is 2.74 bits per heavy atom. The van der Waals surface area contributed by atoms with E-state index in [0.717, 1.165) is 8.04 Å². The number of hydrogen-bond acceptors (Lipinski definition) is 4. The van der Waals surface area contributed by atoms with Gasteiger partial charge < -0.3 is 4.74 Å². The van der Waals surface area contributed by atoms with Gasteiger partial charge in [0.05, 0.1) is 6.21 Å². The number of esters is 1. The van der Waals surface area contributed by atoms with Crippen molar-refractivity contribution in [1.29, 1.82) is 0 Å². The van der Waals surface area contributed by atoms with E-state index in [4.69, 9.17) is 4.74 Å². The first-order valence-electron chi connectivity index (χ1n) is 6.52. The summed E-state index contributed by atoms with van der Waals surface area (Å²) in [6, 6.07) is 12.3. The highest BCUT2D eigenvalue weighted by Crippen LogP contribution is 2.22. The number of nitrogens with one attached hydrogen (secondary N) is 1. The zero-order chi connectivity index (χ0) is 16.8. The van der Waals surface area contributed by atoms with Crippen LogP contribution in [0.4, 0.5) is 0 Å². The quantitative estimate of drug-likeness (QED) is 0.235. The van der Waals surface area contributed by atoms with E-state index in [0.29, 0.717) is 16.9 Å². The van der Waals surface area contributed by atoms with Crippen molar-refractivity contribution < 1.29 is 14.3 Å². The Morgan fingerprint density at radius 2 is 2.04 bits per heavy atom. The molecule has 7 heteroatoms. The zero-order valence-corrected chi connectivity index (χ0v) is 15.8. The van der Waals surface area contributed by atoms with E-state index in [1.165, 1.54) is 13.1 Å². The molecule has 2 aromatic carbocycles. The summed E-state index contributed by atoms with van der Waals surface area (Å²) in [5.74, 6) is -0.373. The molecule has 5 nitrogen and oxygen atoms in total. The lowest BCUT2D eigenvalue weighted by atomic mass is 10.2. The largest absolute Gasteiger partial charge is 0.426 e. The summed E-state index contributed by atoms with van der Waals surface area (Å²) >= 11 is 5.47. The van der Waals surface area contributed by atoms with Gasteiger partial charge in [-0.1, -0.05) is 22.0 Å². The molecule has 0 aromatic heterocycles. The number of hydrogen-bond donors (Lipinski definition) is 1. The molecule has 0 fully saturated rings. The van der Waals surface area contributed by atoms with Crippen molar-refractivity contribution in [2.45, 2.75) is 6.92 Å². The number of nitrogens with zero attached hydrogens (tertiary/aromatic N) is 1. The Kier molecular flexibility index (Phi) is 6.28. The minimum absolute atomic E-state index is 0.316. The lowest BCUT2D eigenvalue weighted by molar-refractivity contribution is -0.131. The van der Waals surface area contributed by atoms with Crippen LogP contribution in [0.5, 0.6) is 5.75 Å². The van der Waals surface area contributed by atoms with E-state index in [2.05, 4.69) is 49.0 Å². The molecule has 1 N–H and O–H groups in total. The normalized spacial score (nSPS) is 10.6. The van der Waals surface area contributed by atoms with Crippen molar-refractivity contribution in [2.24, 2.45) is 5.10 Å². The molecule has 0 unspecified atom stereocenters. The van der Waals surface area contributed by atoms with Crippen molar-refractivity contribution in [2.75, 3.05) is 0 Å². The van der Waals surface area contributed by atoms with Crippen LogP contribution in [0.15, 0.2) is 52.0 Å². The standard InChI is InChI=1S/C16H12BrIN2O3/c1-10(21)23-15-6-5-13(17)7-12(15)9-19-20-16(22)11-3-2-4-14(18)8-11/h2-9H,1H3,(H,20,22)/b19-9-. The fourth-order valence-electron chi connectivity index (χ4n) is 1.72. The lowest BCUT2D eigenvalue weighted by Crippen LogP contribution is -2.17. The van der Waals surface area contributed by atoms with Crippen LogP contribution in [-0.2, 0) is 4.79 Å². The summed E-state index contributed by atoms with van der Waals surface area (Å²) in [4.78, 5) is 23.1. The van der Waals surface area contributed by atoms with Gasteiger partial charge in [0.1, 0.15) is 5.75 Å². The Labute approximate surface area is 155 Å². The molecule has 23 heavy (non-hydrogen) atoms. The van der Waals surface area contributed by atoms with E-state index in [-0.39, 0.29) is 5.91 Å². The molecule has 0 aliphatic heterocycles. The summed E-state index contributed by atoms with van der Waals surface area (Å²) < 4.78 is 6.86. The monoisotopic (exact) mass is 486 g/mol. The van der Waals surface area contributed by atoms with E-state index in [1.807, 2.05) is 6.07 Å². The molecule has 0 saturated heterocycles. The Bertz CT molecular complexity index is 778. The van der Waals surface area contributed by atoms with Gasteiger partial charge in [-0.15, -0.1) is 0 Å². The van der Waals surface area contributed by atoms with Crippen LogP contribution in [0.25, 0.3) is 0 Å². The van der Waals surface area contributed by atoms with Crippen LogP contribution >= 0.6 is 38.5 Å². The lowest BCUT2D eigenvalue weighted by Gasteiger charge is -2.06. The fraction of sp³-hybridized carbons (Fsp3) is 0.0625.